The molecule has 2 aliphatic rings. The number of nitrogens with zero attached hydrogens (tertiary/aromatic N) is 2. The summed E-state index contributed by atoms with van der Waals surface area (Å²) < 4.78 is 5.65. The second-order valence-corrected chi connectivity index (χ2v) is 7.82. The van der Waals surface area contributed by atoms with E-state index >= 15 is 0 Å². The van der Waals surface area contributed by atoms with Gasteiger partial charge in [0.15, 0.2) is 0 Å². The minimum absolute atomic E-state index is 0.260. The lowest BCUT2D eigenvalue weighted by Crippen LogP contribution is -2.46. The smallest absolute Gasteiger partial charge is 0.330 e. The molecule has 0 radical (unpaired) electrons. The molecule has 3 amide bonds. The Morgan fingerprint density at radius 1 is 0.839 bits per heavy atom. The van der Waals surface area contributed by atoms with Gasteiger partial charge in [-0.25, -0.2) is 4.79 Å². The summed E-state index contributed by atoms with van der Waals surface area (Å²) in [6.45, 7) is 2.68. The van der Waals surface area contributed by atoms with Gasteiger partial charge in [-0.15, -0.1) is 0 Å². The van der Waals surface area contributed by atoms with Gasteiger partial charge in [0, 0.05) is 18.7 Å². The average Bonchev–Trinajstić information content (AvgIpc) is 3.07. The van der Waals surface area contributed by atoms with Crippen molar-refractivity contribution in [1.29, 1.82) is 0 Å². The van der Waals surface area contributed by atoms with E-state index in [1.165, 1.54) is 6.92 Å². The summed E-state index contributed by atoms with van der Waals surface area (Å²) in [5, 5.41) is 0. The third-order valence-electron chi connectivity index (χ3n) is 5.78. The lowest BCUT2D eigenvalue weighted by molar-refractivity contribution is -0.164. The van der Waals surface area contributed by atoms with E-state index < -0.39 is 29.9 Å². The van der Waals surface area contributed by atoms with Gasteiger partial charge in [0.1, 0.15) is 6.04 Å². The maximum atomic E-state index is 13.2. The Balaban J connectivity index is 1.55. The summed E-state index contributed by atoms with van der Waals surface area (Å²) in [5.41, 5.74) is 1.08. The number of fused-ring (bicyclic) bond motifs is 1. The molecule has 1 saturated heterocycles. The summed E-state index contributed by atoms with van der Waals surface area (Å²) in [5.74, 6) is -2.16. The van der Waals surface area contributed by atoms with Crippen molar-refractivity contribution in [1.82, 2.24) is 9.80 Å². The number of imide groups is 1. The standard InChI is InChI=1S/C24H24N2O5/c1-16(26-21(27)18-12-6-7-13-19(18)22(26)28)24(30)31-20(17-10-4-2-5-11-17)23(29)25-14-8-3-9-15-25/h2,4-7,10-13,16,20H,3,8-9,14-15H2,1H3/t16-,20+/m0/s1. The Hall–Kier alpha value is -3.48. The van der Waals surface area contributed by atoms with Crippen LogP contribution in [-0.4, -0.2) is 52.6 Å². The van der Waals surface area contributed by atoms with E-state index in [9.17, 15) is 19.2 Å². The quantitative estimate of drug-likeness (QED) is 0.549. The molecule has 160 valence electrons. The number of esters is 1. The minimum atomic E-state index is -1.16. The number of carbonyl (C=O) groups excluding carboxylic acids is 4. The lowest BCUT2D eigenvalue weighted by Gasteiger charge is -2.31. The van der Waals surface area contributed by atoms with Gasteiger partial charge in [0.2, 0.25) is 6.10 Å². The van der Waals surface area contributed by atoms with Crippen molar-refractivity contribution in [2.24, 2.45) is 0 Å². The highest BCUT2D eigenvalue weighted by molar-refractivity contribution is 6.22. The number of rotatable bonds is 5. The summed E-state index contributed by atoms with van der Waals surface area (Å²) in [7, 11) is 0. The normalized spacial score (nSPS) is 17.8. The molecule has 7 heteroatoms. The highest BCUT2D eigenvalue weighted by Crippen LogP contribution is 2.27. The number of piperidine rings is 1. The Labute approximate surface area is 180 Å². The summed E-state index contributed by atoms with van der Waals surface area (Å²) in [6.07, 6.45) is 1.76. The van der Waals surface area contributed by atoms with E-state index in [2.05, 4.69) is 0 Å². The average molecular weight is 420 g/mol. The van der Waals surface area contributed by atoms with Gasteiger partial charge in [-0.3, -0.25) is 19.3 Å². The molecular weight excluding hydrogens is 396 g/mol. The fraction of sp³-hybridized carbons (Fsp3) is 0.333. The number of carbonyl (C=O) groups is 4. The summed E-state index contributed by atoms with van der Waals surface area (Å²) in [6, 6.07) is 14.1. The van der Waals surface area contributed by atoms with Crippen LogP contribution < -0.4 is 0 Å². The molecule has 0 spiro atoms. The van der Waals surface area contributed by atoms with Crippen LogP contribution in [0.2, 0.25) is 0 Å². The monoisotopic (exact) mass is 420 g/mol. The molecule has 2 aromatic carbocycles. The molecule has 4 rings (SSSR count). The second-order valence-electron chi connectivity index (χ2n) is 7.82. The third-order valence-corrected chi connectivity index (χ3v) is 5.78. The molecule has 0 aliphatic carbocycles. The van der Waals surface area contributed by atoms with Crippen molar-refractivity contribution < 1.29 is 23.9 Å². The van der Waals surface area contributed by atoms with Gasteiger partial charge in [-0.05, 0) is 38.3 Å². The van der Waals surface area contributed by atoms with Crippen LogP contribution in [0.5, 0.6) is 0 Å². The molecule has 2 heterocycles. The first-order valence-electron chi connectivity index (χ1n) is 10.5. The van der Waals surface area contributed by atoms with Gasteiger partial charge < -0.3 is 9.64 Å². The van der Waals surface area contributed by atoms with Gasteiger partial charge in [-0.2, -0.15) is 0 Å². The zero-order chi connectivity index (χ0) is 22.0. The highest BCUT2D eigenvalue weighted by Gasteiger charge is 2.42. The first kappa shape index (κ1) is 20.8. The number of benzene rings is 2. The van der Waals surface area contributed by atoms with Crippen LogP contribution in [0.4, 0.5) is 0 Å². The minimum Gasteiger partial charge on any atom is -0.446 e. The van der Waals surface area contributed by atoms with Gasteiger partial charge in [-0.1, -0.05) is 42.5 Å². The fourth-order valence-corrected chi connectivity index (χ4v) is 4.05. The van der Waals surface area contributed by atoms with Crippen molar-refractivity contribution in [3.63, 3.8) is 0 Å². The molecular formula is C24H24N2O5. The third kappa shape index (κ3) is 3.95. The number of hydrogen-bond acceptors (Lipinski definition) is 5. The second kappa shape index (κ2) is 8.71. The van der Waals surface area contributed by atoms with Crippen LogP contribution in [0.25, 0.3) is 0 Å². The van der Waals surface area contributed by atoms with Crippen molar-refractivity contribution >= 4 is 23.7 Å². The summed E-state index contributed by atoms with van der Waals surface area (Å²) in [4.78, 5) is 54.2. The molecule has 0 N–H and O–H groups in total. The number of likely N-dealkylation sites (tertiary alicyclic amines) is 1. The molecule has 0 bridgehead atoms. The molecule has 2 aliphatic heterocycles. The van der Waals surface area contributed by atoms with Crippen LogP contribution in [0.15, 0.2) is 54.6 Å². The van der Waals surface area contributed by atoms with Crippen LogP contribution in [-0.2, 0) is 14.3 Å². The molecule has 2 atom stereocenters. The SMILES string of the molecule is C[C@@H](C(=O)O[C@@H](C(=O)N1CCCCC1)c1ccccc1)N1C(=O)c2ccccc2C1=O. The van der Waals surface area contributed by atoms with Crippen LogP contribution in [0.3, 0.4) is 0 Å². The zero-order valence-corrected chi connectivity index (χ0v) is 17.3. The Bertz CT molecular complexity index is 979. The molecule has 0 aromatic heterocycles. The topological polar surface area (TPSA) is 84.0 Å². The van der Waals surface area contributed by atoms with Gasteiger partial charge in [0.05, 0.1) is 11.1 Å². The Kier molecular flexibility index (Phi) is 5.84. The van der Waals surface area contributed by atoms with E-state index in [1.807, 2.05) is 6.07 Å². The van der Waals surface area contributed by atoms with Crippen molar-refractivity contribution in [3.05, 3.63) is 71.3 Å². The molecule has 0 saturated carbocycles. The van der Waals surface area contributed by atoms with E-state index in [1.54, 1.807) is 53.4 Å². The van der Waals surface area contributed by atoms with Crippen molar-refractivity contribution in [3.8, 4) is 0 Å². The van der Waals surface area contributed by atoms with Crippen LogP contribution >= 0.6 is 0 Å². The first-order chi connectivity index (χ1) is 15.0. The van der Waals surface area contributed by atoms with E-state index in [0.29, 0.717) is 18.7 Å². The lowest BCUT2D eigenvalue weighted by atomic mass is 10.1. The molecule has 31 heavy (non-hydrogen) atoms. The predicted octanol–water partition coefficient (Wildman–Crippen LogP) is 2.97. The Morgan fingerprint density at radius 3 is 1.97 bits per heavy atom. The van der Waals surface area contributed by atoms with Crippen molar-refractivity contribution in [2.75, 3.05) is 13.1 Å². The highest BCUT2D eigenvalue weighted by atomic mass is 16.6. The van der Waals surface area contributed by atoms with E-state index in [4.69, 9.17) is 4.74 Å². The number of amides is 3. The fourth-order valence-electron chi connectivity index (χ4n) is 4.05. The molecule has 7 nitrogen and oxygen atoms in total. The predicted molar refractivity (Wildman–Crippen MR) is 112 cm³/mol. The maximum absolute atomic E-state index is 13.2. The Morgan fingerprint density at radius 2 is 1.39 bits per heavy atom. The number of ether oxygens (including phenoxy) is 1. The maximum Gasteiger partial charge on any atom is 0.330 e. The molecule has 0 unspecified atom stereocenters. The molecule has 2 aromatic rings. The summed E-state index contributed by atoms with van der Waals surface area (Å²) >= 11 is 0. The van der Waals surface area contributed by atoms with Crippen molar-refractivity contribution in [2.45, 2.75) is 38.3 Å². The number of hydrogen-bond donors (Lipinski definition) is 0. The zero-order valence-electron chi connectivity index (χ0n) is 17.3. The van der Waals surface area contributed by atoms with E-state index in [-0.39, 0.29) is 17.0 Å². The molecule has 1 fully saturated rings. The first-order valence-corrected chi connectivity index (χ1v) is 10.5. The van der Waals surface area contributed by atoms with Gasteiger partial charge in [0.25, 0.3) is 17.7 Å². The van der Waals surface area contributed by atoms with Crippen LogP contribution in [0.1, 0.15) is 58.6 Å². The van der Waals surface area contributed by atoms with Crippen LogP contribution in [0, 0.1) is 0 Å². The van der Waals surface area contributed by atoms with E-state index in [0.717, 1.165) is 24.2 Å². The van der Waals surface area contributed by atoms with Gasteiger partial charge >= 0.3 is 5.97 Å². The largest absolute Gasteiger partial charge is 0.446 e.